The molecule has 0 radical (unpaired) electrons. The van der Waals surface area contributed by atoms with Gasteiger partial charge in [0, 0.05) is 11.5 Å². The smallest absolute Gasteiger partial charge is 0.210 e. The fourth-order valence-electron chi connectivity index (χ4n) is 3.13. The van der Waals surface area contributed by atoms with Crippen LogP contribution in [0, 0.1) is 0 Å². The molecule has 0 saturated heterocycles. The molecule has 2 aromatic carbocycles. The number of nitrogens with zero attached hydrogens (tertiary/aromatic N) is 1. The van der Waals surface area contributed by atoms with E-state index in [1.807, 2.05) is 24.3 Å². The molecule has 144 valence electrons. The number of hydrogen-bond acceptors (Lipinski definition) is 3. The van der Waals surface area contributed by atoms with E-state index in [0.717, 1.165) is 6.42 Å². The average Bonchev–Trinajstić information content (AvgIpc) is 2.73. The van der Waals surface area contributed by atoms with Crippen molar-refractivity contribution in [2.45, 2.75) is 58.3 Å². The van der Waals surface area contributed by atoms with Crippen LogP contribution in [0.5, 0.6) is 0 Å². The number of ketones is 1. The zero-order chi connectivity index (χ0) is 19.3. The molecule has 3 heteroatoms. The minimum absolute atomic E-state index is 0.0913. The van der Waals surface area contributed by atoms with Crippen molar-refractivity contribution < 1.29 is 9.63 Å². The predicted molar refractivity (Wildman–Crippen MR) is 112 cm³/mol. The largest absolute Gasteiger partial charge is 0.395 e. The number of hydrogen-bond donors (Lipinski definition) is 0. The second-order valence-electron chi connectivity index (χ2n) is 6.98. The van der Waals surface area contributed by atoms with Crippen molar-refractivity contribution in [1.29, 1.82) is 0 Å². The Morgan fingerprint density at radius 3 is 2.22 bits per heavy atom. The van der Waals surface area contributed by atoms with E-state index >= 15 is 0 Å². The summed E-state index contributed by atoms with van der Waals surface area (Å²) < 4.78 is 0. The molecule has 1 unspecified atom stereocenters. The van der Waals surface area contributed by atoms with Gasteiger partial charge in [0.05, 0.1) is 0 Å². The lowest BCUT2D eigenvalue weighted by molar-refractivity contribution is 0.103. The van der Waals surface area contributed by atoms with Crippen LogP contribution in [-0.4, -0.2) is 18.1 Å². The van der Waals surface area contributed by atoms with Crippen LogP contribution in [0.25, 0.3) is 0 Å². The number of Topliss-reactive ketones (excluding diaryl/α,β-unsaturated/α-hetero) is 1. The van der Waals surface area contributed by atoms with Gasteiger partial charge >= 0.3 is 0 Å². The van der Waals surface area contributed by atoms with Gasteiger partial charge in [0.15, 0.2) is 0 Å². The lowest BCUT2D eigenvalue weighted by Crippen LogP contribution is -2.12. The molecular formula is C24H31NO2. The molecule has 0 bridgehead atoms. The Labute approximate surface area is 163 Å². The first kappa shape index (κ1) is 20.9. The molecule has 0 heterocycles. The third-order valence-corrected chi connectivity index (χ3v) is 4.77. The first-order valence-corrected chi connectivity index (χ1v) is 10.0. The molecule has 27 heavy (non-hydrogen) atoms. The standard InChI is InChI=1S/C24H31NO2/c1-3-4-5-6-9-18-23(21-14-10-7-11-15-21)19-27-25-20(2)24(26)22-16-12-8-13-17-22/h7-8,10-17,23H,3-6,9,18-19H2,1-2H3. The van der Waals surface area contributed by atoms with Gasteiger partial charge in [-0.15, -0.1) is 0 Å². The van der Waals surface area contributed by atoms with Gasteiger partial charge in [0.25, 0.3) is 0 Å². The Bertz CT molecular complexity index is 695. The normalized spacial score (nSPS) is 12.6. The van der Waals surface area contributed by atoms with E-state index in [2.05, 4.69) is 36.3 Å². The van der Waals surface area contributed by atoms with E-state index < -0.39 is 0 Å². The summed E-state index contributed by atoms with van der Waals surface area (Å²) in [6.45, 7) is 4.44. The number of unbranched alkanes of at least 4 members (excludes halogenated alkanes) is 4. The highest BCUT2D eigenvalue weighted by molar-refractivity contribution is 6.45. The summed E-state index contributed by atoms with van der Waals surface area (Å²) in [5.41, 5.74) is 2.30. The van der Waals surface area contributed by atoms with E-state index in [9.17, 15) is 4.79 Å². The Morgan fingerprint density at radius 1 is 0.926 bits per heavy atom. The molecule has 0 aliphatic heterocycles. The van der Waals surface area contributed by atoms with Crippen LogP contribution in [0.2, 0.25) is 0 Å². The monoisotopic (exact) mass is 365 g/mol. The van der Waals surface area contributed by atoms with Crippen LogP contribution in [0.15, 0.2) is 65.8 Å². The molecule has 0 amide bonds. The Balaban J connectivity index is 1.91. The van der Waals surface area contributed by atoms with E-state index in [4.69, 9.17) is 4.84 Å². The van der Waals surface area contributed by atoms with Crippen LogP contribution in [0.1, 0.15) is 74.2 Å². The fourth-order valence-corrected chi connectivity index (χ4v) is 3.13. The zero-order valence-electron chi connectivity index (χ0n) is 16.6. The second kappa shape index (κ2) is 12.1. The first-order valence-electron chi connectivity index (χ1n) is 10.0. The van der Waals surface area contributed by atoms with Crippen molar-refractivity contribution in [3.8, 4) is 0 Å². The van der Waals surface area contributed by atoms with Crippen LogP contribution in [0.3, 0.4) is 0 Å². The molecule has 1 atom stereocenters. The highest BCUT2D eigenvalue weighted by Gasteiger charge is 2.13. The van der Waals surface area contributed by atoms with E-state index in [-0.39, 0.29) is 5.78 Å². The lowest BCUT2D eigenvalue weighted by atomic mass is 9.94. The SMILES string of the molecule is CCCCCCCC(CON=C(C)C(=O)c1ccccc1)c1ccccc1. The van der Waals surface area contributed by atoms with Gasteiger partial charge in [0.1, 0.15) is 12.3 Å². The number of oxime groups is 1. The average molecular weight is 366 g/mol. The summed E-state index contributed by atoms with van der Waals surface area (Å²) >= 11 is 0. The molecule has 3 nitrogen and oxygen atoms in total. The van der Waals surface area contributed by atoms with E-state index in [1.165, 1.54) is 37.7 Å². The van der Waals surface area contributed by atoms with Crippen LogP contribution < -0.4 is 0 Å². The van der Waals surface area contributed by atoms with Gasteiger partial charge < -0.3 is 4.84 Å². The van der Waals surface area contributed by atoms with Crippen LogP contribution >= 0.6 is 0 Å². The maximum atomic E-state index is 12.4. The molecule has 0 N–H and O–H groups in total. The van der Waals surface area contributed by atoms with Gasteiger partial charge in [-0.1, -0.05) is 105 Å². The number of benzene rings is 2. The minimum Gasteiger partial charge on any atom is -0.395 e. The van der Waals surface area contributed by atoms with Crippen molar-refractivity contribution >= 4 is 11.5 Å². The van der Waals surface area contributed by atoms with Crippen molar-refractivity contribution in [2.75, 3.05) is 6.61 Å². The van der Waals surface area contributed by atoms with Gasteiger partial charge in [-0.3, -0.25) is 4.79 Å². The van der Waals surface area contributed by atoms with Crippen LogP contribution in [-0.2, 0) is 4.84 Å². The summed E-state index contributed by atoms with van der Waals surface area (Å²) in [4.78, 5) is 18.0. The van der Waals surface area contributed by atoms with E-state index in [1.54, 1.807) is 19.1 Å². The quantitative estimate of drug-likeness (QED) is 0.189. The van der Waals surface area contributed by atoms with Gasteiger partial charge in [-0.05, 0) is 18.9 Å². The number of carbonyl (C=O) groups excluding carboxylic acids is 1. The molecule has 0 spiro atoms. The van der Waals surface area contributed by atoms with Gasteiger partial charge in [-0.2, -0.15) is 0 Å². The Kier molecular flexibility index (Phi) is 9.33. The number of rotatable bonds is 12. The maximum Gasteiger partial charge on any atom is 0.210 e. The van der Waals surface area contributed by atoms with Gasteiger partial charge in [0.2, 0.25) is 5.78 Å². The summed E-state index contributed by atoms with van der Waals surface area (Å²) in [6.07, 6.45) is 7.38. The molecule has 0 saturated carbocycles. The van der Waals surface area contributed by atoms with Crippen molar-refractivity contribution in [2.24, 2.45) is 5.16 Å². The summed E-state index contributed by atoms with van der Waals surface area (Å²) in [5.74, 6) is 0.211. The molecule has 0 fully saturated rings. The van der Waals surface area contributed by atoms with Crippen molar-refractivity contribution in [3.63, 3.8) is 0 Å². The van der Waals surface area contributed by atoms with E-state index in [0.29, 0.717) is 23.8 Å². The molecule has 0 aliphatic carbocycles. The predicted octanol–water partition coefficient (Wildman–Crippen LogP) is 6.41. The molecule has 0 aromatic heterocycles. The first-order chi connectivity index (χ1) is 13.2. The lowest BCUT2D eigenvalue weighted by Gasteiger charge is -2.16. The molecule has 2 aromatic rings. The Morgan fingerprint density at radius 2 is 1.56 bits per heavy atom. The summed E-state index contributed by atoms with van der Waals surface area (Å²) in [7, 11) is 0. The van der Waals surface area contributed by atoms with Crippen LogP contribution in [0.4, 0.5) is 0 Å². The molecular weight excluding hydrogens is 334 g/mol. The highest BCUT2D eigenvalue weighted by atomic mass is 16.6. The second-order valence-corrected chi connectivity index (χ2v) is 6.98. The third kappa shape index (κ3) is 7.38. The van der Waals surface area contributed by atoms with Crippen molar-refractivity contribution in [3.05, 3.63) is 71.8 Å². The maximum absolute atomic E-state index is 12.4. The summed E-state index contributed by atoms with van der Waals surface area (Å²) in [5, 5.41) is 4.09. The number of carbonyl (C=O) groups is 1. The Hall–Kier alpha value is -2.42. The molecule has 0 aliphatic rings. The minimum atomic E-state index is -0.0913. The fraction of sp³-hybridized carbons (Fsp3) is 0.417. The topological polar surface area (TPSA) is 38.7 Å². The van der Waals surface area contributed by atoms with Gasteiger partial charge in [-0.25, -0.2) is 0 Å². The highest BCUT2D eigenvalue weighted by Crippen LogP contribution is 2.23. The zero-order valence-corrected chi connectivity index (χ0v) is 16.6. The summed E-state index contributed by atoms with van der Waals surface area (Å²) in [6, 6.07) is 19.6. The van der Waals surface area contributed by atoms with Crippen molar-refractivity contribution in [1.82, 2.24) is 0 Å². The third-order valence-electron chi connectivity index (χ3n) is 4.77. The molecule has 2 rings (SSSR count).